The van der Waals surface area contributed by atoms with Crippen LogP contribution in [0.5, 0.6) is 0 Å². The second-order valence-corrected chi connectivity index (χ2v) is 7.20. The summed E-state index contributed by atoms with van der Waals surface area (Å²) in [5.74, 6) is 1.33. The molecule has 102 valence electrons. The molecule has 2 heterocycles. The van der Waals surface area contributed by atoms with Crippen molar-refractivity contribution < 1.29 is 8.42 Å². The van der Waals surface area contributed by atoms with E-state index >= 15 is 0 Å². The third-order valence-corrected chi connectivity index (χ3v) is 5.66. The van der Waals surface area contributed by atoms with E-state index < -0.39 is 9.84 Å². The van der Waals surface area contributed by atoms with Gasteiger partial charge in [0.25, 0.3) is 0 Å². The smallest absolute Gasteiger partial charge is 0.154 e. The standard InChI is InChI=1S/C12H21N3O2S/c1-2-6-15-7-5-14-12(15)10-13-9-11-4-3-8-18(11,16)17/h5,7,11,13H,2-4,6,8-10H2,1H3. The summed E-state index contributed by atoms with van der Waals surface area (Å²) in [6.45, 7) is 4.27. The van der Waals surface area contributed by atoms with Crippen LogP contribution in [0.25, 0.3) is 0 Å². The molecule has 1 aromatic rings. The number of sulfone groups is 1. The number of nitrogens with one attached hydrogen (secondary N) is 1. The van der Waals surface area contributed by atoms with Gasteiger partial charge in [0.1, 0.15) is 5.82 Å². The van der Waals surface area contributed by atoms with Crippen LogP contribution in [0.1, 0.15) is 32.0 Å². The van der Waals surface area contributed by atoms with E-state index in [-0.39, 0.29) is 5.25 Å². The van der Waals surface area contributed by atoms with E-state index in [0.717, 1.165) is 31.6 Å². The molecule has 1 fully saturated rings. The molecule has 1 saturated heterocycles. The van der Waals surface area contributed by atoms with Crippen molar-refractivity contribution in [1.29, 1.82) is 0 Å². The first-order chi connectivity index (χ1) is 8.63. The number of nitrogens with zero attached hydrogens (tertiary/aromatic N) is 2. The third-order valence-electron chi connectivity index (χ3n) is 3.38. The van der Waals surface area contributed by atoms with Crippen LogP contribution in [0.15, 0.2) is 12.4 Å². The van der Waals surface area contributed by atoms with E-state index in [4.69, 9.17) is 0 Å². The fraction of sp³-hybridized carbons (Fsp3) is 0.750. The van der Waals surface area contributed by atoms with E-state index in [1.165, 1.54) is 0 Å². The number of aryl methyl sites for hydroxylation is 1. The summed E-state index contributed by atoms with van der Waals surface area (Å²) in [5, 5.41) is 3.02. The minimum atomic E-state index is -2.84. The van der Waals surface area contributed by atoms with Crippen molar-refractivity contribution in [3.05, 3.63) is 18.2 Å². The molecule has 0 spiro atoms. The van der Waals surface area contributed by atoms with E-state index in [1.54, 1.807) is 6.20 Å². The average Bonchev–Trinajstić information content (AvgIpc) is 2.88. The van der Waals surface area contributed by atoms with E-state index in [1.807, 2.05) is 6.20 Å². The van der Waals surface area contributed by atoms with Gasteiger partial charge in [0.2, 0.25) is 0 Å². The highest BCUT2D eigenvalue weighted by Crippen LogP contribution is 2.19. The van der Waals surface area contributed by atoms with E-state index in [2.05, 4.69) is 21.8 Å². The van der Waals surface area contributed by atoms with Gasteiger partial charge in [-0.3, -0.25) is 0 Å². The van der Waals surface area contributed by atoms with Gasteiger partial charge >= 0.3 is 0 Å². The van der Waals surface area contributed by atoms with Gasteiger partial charge in [-0.1, -0.05) is 6.92 Å². The largest absolute Gasteiger partial charge is 0.334 e. The Kier molecular flexibility index (Phi) is 4.40. The zero-order valence-electron chi connectivity index (χ0n) is 10.8. The highest BCUT2D eigenvalue weighted by Gasteiger charge is 2.30. The van der Waals surface area contributed by atoms with Crippen molar-refractivity contribution in [1.82, 2.24) is 14.9 Å². The maximum absolute atomic E-state index is 11.7. The summed E-state index contributed by atoms with van der Waals surface area (Å²) in [7, 11) is -2.84. The molecule has 1 aromatic heterocycles. The summed E-state index contributed by atoms with van der Waals surface area (Å²) in [6, 6.07) is 0. The SMILES string of the molecule is CCCn1ccnc1CNCC1CCCS1(=O)=O. The summed E-state index contributed by atoms with van der Waals surface area (Å²) in [4.78, 5) is 4.29. The van der Waals surface area contributed by atoms with Crippen LogP contribution in [0, 0.1) is 0 Å². The molecule has 6 heteroatoms. The lowest BCUT2D eigenvalue weighted by atomic mass is 10.2. The van der Waals surface area contributed by atoms with Crippen LogP contribution in [0.2, 0.25) is 0 Å². The molecule has 0 saturated carbocycles. The van der Waals surface area contributed by atoms with E-state index in [9.17, 15) is 8.42 Å². The molecule has 0 aliphatic carbocycles. The van der Waals surface area contributed by atoms with Crippen LogP contribution < -0.4 is 5.32 Å². The van der Waals surface area contributed by atoms with Crippen LogP contribution in [0.4, 0.5) is 0 Å². The van der Waals surface area contributed by atoms with Gasteiger partial charge in [-0.25, -0.2) is 13.4 Å². The first-order valence-corrected chi connectivity index (χ1v) is 8.27. The zero-order chi connectivity index (χ0) is 13.0. The lowest BCUT2D eigenvalue weighted by molar-refractivity contribution is 0.556. The van der Waals surface area contributed by atoms with Gasteiger partial charge in [0, 0.05) is 25.5 Å². The number of rotatable bonds is 6. The fourth-order valence-corrected chi connectivity index (χ4v) is 4.18. The summed E-state index contributed by atoms with van der Waals surface area (Å²) in [6.07, 6.45) is 6.42. The normalized spacial score (nSPS) is 22.4. The summed E-state index contributed by atoms with van der Waals surface area (Å²) >= 11 is 0. The Balaban J connectivity index is 1.83. The molecular weight excluding hydrogens is 250 g/mol. The Morgan fingerprint density at radius 3 is 3.06 bits per heavy atom. The van der Waals surface area contributed by atoms with Crippen LogP contribution in [-0.2, 0) is 22.9 Å². The topological polar surface area (TPSA) is 64.0 Å². The van der Waals surface area contributed by atoms with Crippen molar-refractivity contribution in [2.75, 3.05) is 12.3 Å². The molecule has 1 unspecified atom stereocenters. The molecule has 0 aromatic carbocycles. The molecule has 1 aliphatic rings. The summed E-state index contributed by atoms with van der Waals surface area (Å²) in [5.41, 5.74) is 0. The second kappa shape index (κ2) is 5.84. The van der Waals surface area contributed by atoms with Crippen LogP contribution in [0.3, 0.4) is 0 Å². The molecule has 0 radical (unpaired) electrons. The molecule has 2 rings (SSSR count). The third kappa shape index (κ3) is 3.11. The Hall–Kier alpha value is -0.880. The first-order valence-electron chi connectivity index (χ1n) is 6.56. The maximum Gasteiger partial charge on any atom is 0.154 e. The minimum absolute atomic E-state index is 0.202. The second-order valence-electron chi connectivity index (χ2n) is 4.80. The van der Waals surface area contributed by atoms with Crippen molar-refractivity contribution >= 4 is 9.84 Å². The molecule has 1 N–H and O–H groups in total. The first kappa shape index (κ1) is 13.5. The monoisotopic (exact) mass is 271 g/mol. The molecule has 18 heavy (non-hydrogen) atoms. The number of hydrogen-bond donors (Lipinski definition) is 1. The maximum atomic E-state index is 11.7. The number of hydrogen-bond acceptors (Lipinski definition) is 4. The molecule has 1 atom stereocenters. The number of imidazole rings is 1. The molecule has 0 bridgehead atoms. The van der Waals surface area contributed by atoms with Crippen molar-refractivity contribution in [2.24, 2.45) is 0 Å². The Morgan fingerprint density at radius 1 is 1.56 bits per heavy atom. The summed E-state index contributed by atoms with van der Waals surface area (Å²) < 4.78 is 25.4. The van der Waals surface area contributed by atoms with Crippen LogP contribution >= 0.6 is 0 Å². The molecule has 0 amide bonds. The lowest BCUT2D eigenvalue weighted by Crippen LogP contribution is -2.30. The van der Waals surface area contributed by atoms with Gasteiger partial charge in [0.15, 0.2) is 9.84 Å². The Bertz CT molecular complexity index is 481. The van der Waals surface area contributed by atoms with Crippen molar-refractivity contribution in [3.63, 3.8) is 0 Å². The van der Waals surface area contributed by atoms with Gasteiger partial charge in [-0.2, -0.15) is 0 Å². The minimum Gasteiger partial charge on any atom is -0.334 e. The van der Waals surface area contributed by atoms with Gasteiger partial charge < -0.3 is 9.88 Å². The van der Waals surface area contributed by atoms with Crippen molar-refractivity contribution in [2.45, 2.75) is 44.5 Å². The Morgan fingerprint density at radius 2 is 2.39 bits per heavy atom. The molecule has 1 aliphatic heterocycles. The highest BCUT2D eigenvalue weighted by atomic mass is 32.2. The van der Waals surface area contributed by atoms with Crippen LogP contribution in [-0.4, -0.2) is 35.5 Å². The van der Waals surface area contributed by atoms with Gasteiger partial charge in [-0.15, -0.1) is 0 Å². The molecule has 5 nitrogen and oxygen atoms in total. The van der Waals surface area contributed by atoms with Crippen molar-refractivity contribution in [3.8, 4) is 0 Å². The van der Waals surface area contributed by atoms with E-state index in [0.29, 0.717) is 18.8 Å². The number of aromatic nitrogens is 2. The quantitative estimate of drug-likeness (QED) is 0.837. The van der Waals surface area contributed by atoms with Gasteiger partial charge in [0.05, 0.1) is 17.5 Å². The Labute approximate surface area is 109 Å². The predicted octanol–water partition coefficient (Wildman–Crippen LogP) is 0.960. The van der Waals surface area contributed by atoms with Gasteiger partial charge in [-0.05, 0) is 19.3 Å². The zero-order valence-corrected chi connectivity index (χ0v) is 11.6. The molecular formula is C12H21N3O2S. The average molecular weight is 271 g/mol. The highest BCUT2D eigenvalue weighted by molar-refractivity contribution is 7.92. The predicted molar refractivity (Wildman–Crippen MR) is 71.0 cm³/mol. The lowest BCUT2D eigenvalue weighted by Gasteiger charge is -2.11. The fourth-order valence-electron chi connectivity index (χ4n) is 2.38.